The van der Waals surface area contributed by atoms with Crippen molar-refractivity contribution in [3.63, 3.8) is 0 Å². The van der Waals surface area contributed by atoms with Crippen LogP contribution in [-0.2, 0) is 11.2 Å². The minimum Gasteiger partial charge on any atom is -0.388 e. The van der Waals surface area contributed by atoms with Crippen molar-refractivity contribution in [1.82, 2.24) is 5.32 Å². The average molecular weight is 247 g/mol. The fourth-order valence-corrected chi connectivity index (χ4v) is 1.91. The number of aliphatic hydroxyl groups is 1. The Balaban J connectivity index is 1.74. The molecule has 2 N–H and O–H groups in total. The third-order valence-corrected chi connectivity index (χ3v) is 3.39. The number of hydrogen-bond donors (Lipinski definition) is 2. The van der Waals surface area contributed by atoms with E-state index in [9.17, 15) is 9.90 Å². The first-order valence-electron chi connectivity index (χ1n) is 6.61. The van der Waals surface area contributed by atoms with E-state index in [2.05, 4.69) is 17.4 Å². The van der Waals surface area contributed by atoms with Crippen molar-refractivity contribution in [3.05, 3.63) is 35.9 Å². The molecule has 3 heteroatoms. The minimum absolute atomic E-state index is 0.0926. The molecule has 1 atom stereocenters. The van der Waals surface area contributed by atoms with Crippen LogP contribution in [0.1, 0.15) is 31.7 Å². The Kier molecular flexibility index (Phi) is 4.02. The number of amides is 1. The van der Waals surface area contributed by atoms with Gasteiger partial charge in [-0.25, -0.2) is 0 Å². The summed E-state index contributed by atoms with van der Waals surface area (Å²) in [5.41, 5.74) is 0.381. The number of rotatable bonds is 6. The van der Waals surface area contributed by atoms with Gasteiger partial charge in [-0.2, -0.15) is 0 Å². The molecule has 1 fully saturated rings. The fraction of sp³-hybridized carbons (Fsp3) is 0.533. The highest BCUT2D eigenvalue weighted by atomic mass is 16.3. The topological polar surface area (TPSA) is 49.3 Å². The number of aryl methyl sites for hydroxylation is 1. The van der Waals surface area contributed by atoms with Gasteiger partial charge in [-0.3, -0.25) is 4.79 Å². The van der Waals surface area contributed by atoms with Crippen molar-refractivity contribution >= 4 is 5.91 Å². The van der Waals surface area contributed by atoms with Crippen LogP contribution in [0.15, 0.2) is 30.3 Å². The number of nitrogens with one attached hydrogen (secondary N) is 1. The van der Waals surface area contributed by atoms with E-state index in [0.29, 0.717) is 13.0 Å². The standard InChI is InChI=1S/C15H21NO2/c1-15(18,11-16-14(17)13-7-8-13)10-9-12-5-3-2-4-6-12/h2-6,13,18H,7-11H2,1H3,(H,16,17)/t15-/m0/s1. The lowest BCUT2D eigenvalue weighted by Crippen LogP contribution is -2.41. The molecule has 0 aliphatic heterocycles. The van der Waals surface area contributed by atoms with Crippen LogP contribution in [0.5, 0.6) is 0 Å². The largest absolute Gasteiger partial charge is 0.388 e. The maximum atomic E-state index is 11.5. The molecule has 3 nitrogen and oxygen atoms in total. The Hall–Kier alpha value is -1.35. The van der Waals surface area contributed by atoms with Gasteiger partial charge in [0.05, 0.1) is 5.60 Å². The quantitative estimate of drug-likeness (QED) is 0.806. The molecule has 0 radical (unpaired) electrons. The Bertz CT molecular complexity index is 396. The second kappa shape index (κ2) is 5.53. The van der Waals surface area contributed by atoms with Gasteiger partial charge < -0.3 is 10.4 Å². The molecule has 1 saturated carbocycles. The van der Waals surface area contributed by atoms with Gasteiger partial charge in [-0.05, 0) is 38.2 Å². The van der Waals surface area contributed by atoms with Gasteiger partial charge in [0.1, 0.15) is 0 Å². The molecule has 0 unspecified atom stereocenters. The molecule has 1 amide bonds. The van der Waals surface area contributed by atoms with Crippen LogP contribution < -0.4 is 5.32 Å². The van der Waals surface area contributed by atoms with E-state index < -0.39 is 5.60 Å². The first-order chi connectivity index (χ1) is 8.57. The molecule has 18 heavy (non-hydrogen) atoms. The predicted molar refractivity (Wildman–Crippen MR) is 71.1 cm³/mol. The van der Waals surface area contributed by atoms with Crippen LogP contribution in [0.2, 0.25) is 0 Å². The van der Waals surface area contributed by atoms with E-state index in [0.717, 1.165) is 19.3 Å². The minimum atomic E-state index is -0.833. The lowest BCUT2D eigenvalue weighted by molar-refractivity contribution is -0.123. The summed E-state index contributed by atoms with van der Waals surface area (Å²) in [6, 6.07) is 10.1. The van der Waals surface area contributed by atoms with Crippen molar-refractivity contribution < 1.29 is 9.90 Å². The molecule has 1 aliphatic rings. The number of hydrogen-bond acceptors (Lipinski definition) is 2. The van der Waals surface area contributed by atoms with E-state index in [1.807, 2.05) is 18.2 Å². The third-order valence-electron chi connectivity index (χ3n) is 3.39. The van der Waals surface area contributed by atoms with Gasteiger partial charge >= 0.3 is 0 Å². The molecular weight excluding hydrogens is 226 g/mol. The van der Waals surface area contributed by atoms with E-state index in [-0.39, 0.29) is 11.8 Å². The van der Waals surface area contributed by atoms with Crippen molar-refractivity contribution in [2.45, 2.75) is 38.2 Å². The van der Waals surface area contributed by atoms with Crippen LogP contribution in [0.3, 0.4) is 0 Å². The Morgan fingerprint density at radius 1 is 1.39 bits per heavy atom. The second-order valence-corrected chi connectivity index (χ2v) is 5.47. The molecule has 0 spiro atoms. The van der Waals surface area contributed by atoms with E-state index in [1.165, 1.54) is 5.56 Å². The summed E-state index contributed by atoms with van der Waals surface area (Å²) in [4.78, 5) is 11.5. The molecule has 98 valence electrons. The zero-order valence-corrected chi connectivity index (χ0v) is 10.9. The van der Waals surface area contributed by atoms with Crippen LogP contribution in [0.4, 0.5) is 0 Å². The zero-order chi connectivity index (χ0) is 13.0. The summed E-state index contributed by atoms with van der Waals surface area (Å²) in [6.07, 6.45) is 3.48. The molecule has 0 bridgehead atoms. The zero-order valence-electron chi connectivity index (χ0n) is 10.9. The van der Waals surface area contributed by atoms with E-state index in [4.69, 9.17) is 0 Å². The van der Waals surface area contributed by atoms with Gasteiger partial charge in [-0.1, -0.05) is 30.3 Å². The van der Waals surface area contributed by atoms with Crippen LogP contribution in [-0.4, -0.2) is 23.2 Å². The number of carbonyl (C=O) groups is 1. The maximum absolute atomic E-state index is 11.5. The van der Waals surface area contributed by atoms with E-state index in [1.54, 1.807) is 6.92 Å². The summed E-state index contributed by atoms with van der Waals surface area (Å²) in [5, 5.41) is 13.0. The summed E-state index contributed by atoms with van der Waals surface area (Å²) in [7, 11) is 0. The molecule has 0 aromatic heterocycles. The predicted octanol–water partition coefficient (Wildman–Crippen LogP) is 1.90. The third kappa shape index (κ3) is 4.15. The highest BCUT2D eigenvalue weighted by Gasteiger charge is 2.31. The SMILES string of the molecule is C[C@](O)(CCc1ccccc1)CNC(=O)C1CC1. The summed E-state index contributed by atoms with van der Waals surface area (Å²) >= 11 is 0. The van der Waals surface area contributed by atoms with Crippen molar-refractivity contribution in [2.75, 3.05) is 6.54 Å². The highest BCUT2D eigenvalue weighted by molar-refractivity contribution is 5.80. The van der Waals surface area contributed by atoms with Gasteiger partial charge in [-0.15, -0.1) is 0 Å². The van der Waals surface area contributed by atoms with Gasteiger partial charge in [0.25, 0.3) is 0 Å². The molecule has 1 aromatic carbocycles. The van der Waals surface area contributed by atoms with E-state index >= 15 is 0 Å². The summed E-state index contributed by atoms with van der Waals surface area (Å²) in [6.45, 7) is 2.12. The maximum Gasteiger partial charge on any atom is 0.223 e. The number of benzene rings is 1. The van der Waals surface area contributed by atoms with Gasteiger partial charge in [0.15, 0.2) is 0 Å². The second-order valence-electron chi connectivity index (χ2n) is 5.47. The summed E-state index contributed by atoms with van der Waals surface area (Å²) < 4.78 is 0. The molecule has 0 saturated heterocycles. The van der Waals surface area contributed by atoms with Crippen molar-refractivity contribution in [2.24, 2.45) is 5.92 Å². The molecule has 2 rings (SSSR count). The Morgan fingerprint density at radius 3 is 2.67 bits per heavy atom. The normalized spacial score (nSPS) is 18.1. The summed E-state index contributed by atoms with van der Waals surface area (Å²) in [5.74, 6) is 0.296. The average Bonchev–Trinajstić information content (AvgIpc) is 3.19. The molecule has 1 aromatic rings. The fourth-order valence-electron chi connectivity index (χ4n) is 1.91. The first kappa shape index (κ1) is 13.1. The lowest BCUT2D eigenvalue weighted by atomic mass is 9.96. The van der Waals surface area contributed by atoms with Crippen molar-refractivity contribution in [1.29, 1.82) is 0 Å². The Labute approximate surface area is 108 Å². The van der Waals surface area contributed by atoms with Crippen LogP contribution in [0, 0.1) is 5.92 Å². The monoisotopic (exact) mass is 247 g/mol. The van der Waals surface area contributed by atoms with Crippen LogP contribution in [0.25, 0.3) is 0 Å². The molecular formula is C15H21NO2. The lowest BCUT2D eigenvalue weighted by Gasteiger charge is -2.23. The molecule has 1 aliphatic carbocycles. The highest BCUT2D eigenvalue weighted by Crippen LogP contribution is 2.28. The first-order valence-corrected chi connectivity index (χ1v) is 6.61. The van der Waals surface area contributed by atoms with Gasteiger partial charge in [0, 0.05) is 12.5 Å². The smallest absolute Gasteiger partial charge is 0.223 e. The van der Waals surface area contributed by atoms with Gasteiger partial charge in [0.2, 0.25) is 5.91 Å². The van der Waals surface area contributed by atoms with Crippen molar-refractivity contribution in [3.8, 4) is 0 Å². The Morgan fingerprint density at radius 2 is 2.06 bits per heavy atom. The molecule has 0 heterocycles. The number of carbonyl (C=O) groups excluding carboxylic acids is 1. The van der Waals surface area contributed by atoms with Crippen LogP contribution >= 0.6 is 0 Å².